The Kier molecular flexibility index (Phi) is 5.30. The Morgan fingerprint density at radius 2 is 2.20 bits per heavy atom. The molecule has 1 amide bonds. The van der Waals surface area contributed by atoms with Crippen LogP contribution in [0.2, 0.25) is 0 Å². The molecule has 0 bridgehead atoms. The highest BCUT2D eigenvalue weighted by atomic mass is 35.5. The van der Waals surface area contributed by atoms with Crippen molar-refractivity contribution in [2.24, 2.45) is 0 Å². The summed E-state index contributed by atoms with van der Waals surface area (Å²) in [6.07, 6.45) is 4.35. The van der Waals surface area contributed by atoms with Crippen LogP contribution >= 0.6 is 11.6 Å². The van der Waals surface area contributed by atoms with Gasteiger partial charge in [-0.25, -0.2) is 0 Å². The third-order valence-corrected chi connectivity index (χ3v) is 4.26. The van der Waals surface area contributed by atoms with Crippen LogP contribution in [0.4, 0.5) is 0 Å². The Hall–Kier alpha value is -1.22. The lowest BCUT2D eigenvalue weighted by Gasteiger charge is -2.29. The number of methoxy groups -OCH3 is 1. The van der Waals surface area contributed by atoms with Crippen molar-refractivity contribution in [3.8, 4) is 5.75 Å². The SMILES string of the molecule is COc1ccc(C)cc1C(=O)N1CCCCCC1CCl. The number of carbonyl (C=O) groups is 1. The number of hydrogen-bond donors (Lipinski definition) is 0. The Labute approximate surface area is 125 Å². The van der Waals surface area contributed by atoms with Gasteiger partial charge < -0.3 is 9.64 Å². The van der Waals surface area contributed by atoms with Crippen molar-refractivity contribution in [3.05, 3.63) is 29.3 Å². The largest absolute Gasteiger partial charge is 0.496 e. The van der Waals surface area contributed by atoms with Crippen molar-refractivity contribution in [2.45, 2.75) is 38.6 Å². The number of rotatable bonds is 3. The first-order valence-electron chi connectivity index (χ1n) is 7.19. The lowest BCUT2D eigenvalue weighted by molar-refractivity contribution is 0.0697. The number of carbonyl (C=O) groups excluding carboxylic acids is 1. The number of ether oxygens (including phenoxy) is 1. The molecule has 110 valence electrons. The molecule has 1 unspecified atom stereocenters. The van der Waals surface area contributed by atoms with Crippen LogP contribution in [0.3, 0.4) is 0 Å². The maximum Gasteiger partial charge on any atom is 0.257 e. The molecular formula is C16H22ClNO2. The minimum absolute atomic E-state index is 0.0399. The lowest BCUT2D eigenvalue weighted by atomic mass is 10.1. The van der Waals surface area contributed by atoms with Crippen molar-refractivity contribution >= 4 is 17.5 Å². The van der Waals surface area contributed by atoms with Crippen LogP contribution in [0.5, 0.6) is 5.75 Å². The van der Waals surface area contributed by atoms with E-state index in [1.165, 1.54) is 6.42 Å². The molecule has 3 nitrogen and oxygen atoms in total. The summed E-state index contributed by atoms with van der Waals surface area (Å²) in [6.45, 7) is 2.77. The highest BCUT2D eigenvalue weighted by Crippen LogP contribution is 2.25. The summed E-state index contributed by atoms with van der Waals surface area (Å²) < 4.78 is 5.33. The summed E-state index contributed by atoms with van der Waals surface area (Å²) in [4.78, 5) is 14.8. The summed E-state index contributed by atoms with van der Waals surface area (Å²) in [5, 5.41) is 0. The first-order chi connectivity index (χ1) is 9.67. The van der Waals surface area contributed by atoms with Crippen LogP contribution < -0.4 is 4.74 Å². The van der Waals surface area contributed by atoms with E-state index in [9.17, 15) is 4.79 Å². The number of amides is 1. The topological polar surface area (TPSA) is 29.5 Å². The predicted octanol–water partition coefficient (Wildman–Crippen LogP) is 3.63. The van der Waals surface area contributed by atoms with E-state index in [1.807, 2.05) is 30.0 Å². The maximum absolute atomic E-state index is 12.8. The molecule has 1 saturated heterocycles. The average molecular weight is 296 g/mol. The second kappa shape index (κ2) is 6.98. The monoisotopic (exact) mass is 295 g/mol. The van der Waals surface area contributed by atoms with Gasteiger partial charge in [0.25, 0.3) is 5.91 Å². The number of aryl methyl sites for hydroxylation is 1. The van der Waals surface area contributed by atoms with Gasteiger partial charge in [-0.05, 0) is 31.9 Å². The van der Waals surface area contributed by atoms with E-state index in [0.717, 1.165) is 31.4 Å². The van der Waals surface area contributed by atoms with Crippen molar-refractivity contribution < 1.29 is 9.53 Å². The molecule has 0 radical (unpaired) electrons. The van der Waals surface area contributed by atoms with Gasteiger partial charge in [0.2, 0.25) is 0 Å². The molecule has 0 aliphatic carbocycles. The number of alkyl halides is 1. The van der Waals surface area contributed by atoms with Gasteiger partial charge in [0.15, 0.2) is 0 Å². The zero-order chi connectivity index (χ0) is 14.5. The Balaban J connectivity index is 2.30. The quantitative estimate of drug-likeness (QED) is 0.797. The molecular weight excluding hydrogens is 274 g/mol. The first-order valence-corrected chi connectivity index (χ1v) is 7.72. The molecule has 4 heteroatoms. The molecule has 1 aromatic carbocycles. The minimum atomic E-state index is 0.0399. The summed E-state index contributed by atoms with van der Waals surface area (Å²) in [5.74, 6) is 1.18. The first kappa shape index (κ1) is 15.2. The molecule has 1 atom stereocenters. The molecule has 2 rings (SSSR count). The average Bonchev–Trinajstić information content (AvgIpc) is 2.71. The lowest BCUT2D eigenvalue weighted by Crippen LogP contribution is -2.41. The van der Waals surface area contributed by atoms with Crippen molar-refractivity contribution in [1.82, 2.24) is 4.90 Å². The van der Waals surface area contributed by atoms with Gasteiger partial charge in [-0.2, -0.15) is 0 Å². The normalized spacial score (nSPS) is 19.6. The van der Waals surface area contributed by atoms with Crippen LogP contribution in [-0.2, 0) is 0 Å². The number of halogens is 1. The van der Waals surface area contributed by atoms with Crippen LogP contribution in [0.1, 0.15) is 41.6 Å². The number of nitrogens with zero attached hydrogens (tertiary/aromatic N) is 1. The van der Waals surface area contributed by atoms with E-state index < -0.39 is 0 Å². The number of benzene rings is 1. The fraction of sp³-hybridized carbons (Fsp3) is 0.562. The van der Waals surface area contributed by atoms with E-state index in [2.05, 4.69) is 0 Å². The summed E-state index contributed by atoms with van der Waals surface area (Å²) in [6, 6.07) is 5.85. The molecule has 0 N–H and O–H groups in total. The smallest absolute Gasteiger partial charge is 0.257 e. The van der Waals surface area contributed by atoms with Gasteiger partial charge >= 0.3 is 0 Å². The van der Waals surface area contributed by atoms with Crippen LogP contribution in [0.25, 0.3) is 0 Å². The standard InChI is InChI=1S/C16H22ClNO2/c1-12-7-8-15(20-2)14(10-12)16(19)18-9-5-3-4-6-13(18)11-17/h7-8,10,13H,3-6,9,11H2,1-2H3. The fourth-order valence-corrected chi connectivity index (χ4v) is 3.07. The third-order valence-electron chi connectivity index (χ3n) is 3.90. The van der Waals surface area contributed by atoms with Crippen LogP contribution in [-0.4, -0.2) is 36.4 Å². The zero-order valence-corrected chi connectivity index (χ0v) is 12.9. The Morgan fingerprint density at radius 3 is 2.90 bits per heavy atom. The molecule has 1 aliphatic rings. The van der Waals surface area contributed by atoms with Gasteiger partial charge in [0.05, 0.1) is 12.7 Å². The molecule has 0 spiro atoms. The van der Waals surface area contributed by atoms with E-state index in [0.29, 0.717) is 17.2 Å². The molecule has 0 saturated carbocycles. The zero-order valence-electron chi connectivity index (χ0n) is 12.2. The second-order valence-electron chi connectivity index (χ2n) is 5.36. The highest BCUT2D eigenvalue weighted by molar-refractivity contribution is 6.18. The van der Waals surface area contributed by atoms with E-state index >= 15 is 0 Å². The van der Waals surface area contributed by atoms with Gasteiger partial charge in [0, 0.05) is 18.5 Å². The van der Waals surface area contributed by atoms with Crippen LogP contribution in [0, 0.1) is 6.92 Å². The highest BCUT2D eigenvalue weighted by Gasteiger charge is 2.27. The fourth-order valence-electron chi connectivity index (χ4n) is 2.75. The predicted molar refractivity (Wildman–Crippen MR) is 81.7 cm³/mol. The van der Waals surface area contributed by atoms with E-state index in [-0.39, 0.29) is 11.9 Å². The summed E-state index contributed by atoms with van der Waals surface area (Å²) in [7, 11) is 1.60. The third kappa shape index (κ3) is 3.26. The second-order valence-corrected chi connectivity index (χ2v) is 5.67. The Morgan fingerprint density at radius 1 is 1.40 bits per heavy atom. The van der Waals surface area contributed by atoms with Crippen LogP contribution in [0.15, 0.2) is 18.2 Å². The molecule has 1 heterocycles. The molecule has 0 aromatic heterocycles. The van der Waals surface area contributed by atoms with E-state index in [1.54, 1.807) is 7.11 Å². The number of hydrogen-bond acceptors (Lipinski definition) is 2. The minimum Gasteiger partial charge on any atom is -0.496 e. The van der Waals surface area contributed by atoms with Gasteiger partial charge in [-0.15, -0.1) is 11.6 Å². The number of likely N-dealkylation sites (tertiary alicyclic amines) is 1. The van der Waals surface area contributed by atoms with E-state index in [4.69, 9.17) is 16.3 Å². The van der Waals surface area contributed by atoms with Crippen molar-refractivity contribution in [2.75, 3.05) is 19.5 Å². The van der Waals surface area contributed by atoms with Gasteiger partial charge in [0.1, 0.15) is 5.75 Å². The van der Waals surface area contributed by atoms with Gasteiger partial charge in [-0.1, -0.05) is 24.5 Å². The molecule has 1 aliphatic heterocycles. The molecule has 1 aromatic rings. The van der Waals surface area contributed by atoms with Gasteiger partial charge in [-0.3, -0.25) is 4.79 Å². The van der Waals surface area contributed by atoms with Crippen molar-refractivity contribution in [1.29, 1.82) is 0 Å². The molecule has 20 heavy (non-hydrogen) atoms. The maximum atomic E-state index is 12.8. The summed E-state index contributed by atoms with van der Waals surface area (Å²) >= 11 is 6.06. The Bertz CT molecular complexity index is 476. The summed E-state index contributed by atoms with van der Waals surface area (Å²) in [5.41, 5.74) is 1.70. The van der Waals surface area contributed by atoms with Crippen molar-refractivity contribution in [3.63, 3.8) is 0 Å². The molecule has 1 fully saturated rings.